The van der Waals surface area contributed by atoms with Gasteiger partial charge in [0.2, 0.25) is 5.91 Å². The number of carbonyl (C=O) groups excluding carboxylic acids is 3. The maximum Gasteiger partial charge on any atom is 0.408 e. The van der Waals surface area contributed by atoms with Gasteiger partial charge in [0.15, 0.2) is 6.29 Å². The normalized spacial score (nSPS) is 22.0. The minimum absolute atomic E-state index is 0.0424. The fraction of sp³-hybridized carbons (Fsp3) is 0.344. The number of hydrogen-bond acceptors (Lipinski definition) is 9. The molecule has 4 unspecified atom stereocenters. The minimum atomic E-state index is -1.04. The van der Waals surface area contributed by atoms with Crippen molar-refractivity contribution >= 4 is 35.4 Å². The van der Waals surface area contributed by atoms with Gasteiger partial charge in [-0.2, -0.15) is 11.8 Å². The van der Waals surface area contributed by atoms with Crippen molar-refractivity contribution in [3.05, 3.63) is 101 Å². The highest BCUT2D eigenvalue weighted by molar-refractivity contribution is 7.99. The summed E-state index contributed by atoms with van der Waals surface area (Å²) < 4.78 is 17.9. The predicted molar refractivity (Wildman–Crippen MR) is 160 cm³/mol. The van der Waals surface area contributed by atoms with E-state index < -0.39 is 30.2 Å². The molecule has 3 aromatic carbocycles. The van der Waals surface area contributed by atoms with Crippen LogP contribution in [-0.4, -0.2) is 58.4 Å². The van der Waals surface area contributed by atoms with Gasteiger partial charge in [0.1, 0.15) is 12.6 Å². The van der Waals surface area contributed by atoms with Gasteiger partial charge in [-0.25, -0.2) is 9.69 Å². The summed E-state index contributed by atoms with van der Waals surface area (Å²) in [5.41, 5.74) is 3.52. The molecular formula is C32H34N2O8S. The number of nitrogens with zero attached hydrogens (tertiary/aromatic N) is 1. The third-order valence-electron chi connectivity index (χ3n) is 7.21. The summed E-state index contributed by atoms with van der Waals surface area (Å²) in [6, 6.07) is 22.5. The molecule has 4 atom stereocenters. The summed E-state index contributed by atoms with van der Waals surface area (Å²) in [7, 11) is 0. The number of benzene rings is 3. The van der Waals surface area contributed by atoms with E-state index in [0.29, 0.717) is 29.2 Å². The highest BCUT2D eigenvalue weighted by Gasteiger charge is 2.41. The number of carbonyl (C=O) groups is 3. The highest BCUT2D eigenvalue weighted by atomic mass is 32.2. The van der Waals surface area contributed by atoms with Gasteiger partial charge < -0.3 is 29.7 Å². The molecule has 0 aliphatic carbocycles. The van der Waals surface area contributed by atoms with Gasteiger partial charge in [-0.05, 0) is 28.8 Å². The van der Waals surface area contributed by atoms with Crippen molar-refractivity contribution in [1.29, 1.82) is 0 Å². The van der Waals surface area contributed by atoms with Gasteiger partial charge in [-0.1, -0.05) is 66.7 Å². The summed E-state index contributed by atoms with van der Waals surface area (Å²) in [5.74, 6) is 0.248. The van der Waals surface area contributed by atoms with Crippen LogP contribution in [0.3, 0.4) is 0 Å². The van der Waals surface area contributed by atoms with Crippen LogP contribution in [0.1, 0.15) is 47.5 Å². The number of imide groups is 1. The molecule has 2 aliphatic heterocycles. The Morgan fingerprint density at radius 1 is 0.953 bits per heavy atom. The molecule has 2 fully saturated rings. The lowest BCUT2D eigenvalue weighted by Gasteiger charge is -2.36. The van der Waals surface area contributed by atoms with E-state index in [1.807, 2.05) is 60.7 Å². The molecule has 226 valence electrons. The van der Waals surface area contributed by atoms with Gasteiger partial charge in [0, 0.05) is 23.5 Å². The van der Waals surface area contributed by atoms with E-state index in [9.17, 15) is 24.6 Å². The molecule has 0 saturated carbocycles. The van der Waals surface area contributed by atoms with E-state index in [0.717, 1.165) is 21.6 Å². The topological polar surface area (TPSA) is 135 Å². The van der Waals surface area contributed by atoms with Crippen LogP contribution in [0.25, 0.3) is 0 Å². The molecule has 11 heteroatoms. The van der Waals surface area contributed by atoms with Crippen LogP contribution in [-0.2, 0) is 37.0 Å². The van der Waals surface area contributed by atoms with E-state index in [1.54, 1.807) is 30.0 Å². The van der Waals surface area contributed by atoms with Gasteiger partial charge in [0.25, 0.3) is 5.91 Å². The molecule has 3 amide bonds. The zero-order valence-corrected chi connectivity index (χ0v) is 24.3. The second-order valence-corrected chi connectivity index (χ2v) is 11.4. The Bertz CT molecular complexity index is 1400. The molecule has 5 rings (SSSR count). The summed E-state index contributed by atoms with van der Waals surface area (Å²) >= 11 is 1.59. The zero-order chi connectivity index (χ0) is 30.2. The lowest BCUT2D eigenvalue weighted by atomic mass is 10.0. The lowest BCUT2D eigenvalue weighted by molar-refractivity contribution is -0.245. The van der Waals surface area contributed by atoms with Gasteiger partial charge >= 0.3 is 6.09 Å². The van der Waals surface area contributed by atoms with Gasteiger partial charge in [0.05, 0.1) is 37.5 Å². The average molecular weight is 607 g/mol. The summed E-state index contributed by atoms with van der Waals surface area (Å²) in [6.07, 6.45) is -1.60. The Balaban J connectivity index is 1.28. The largest absolute Gasteiger partial charge is 0.445 e. The maximum absolute atomic E-state index is 13.2. The first-order valence-electron chi connectivity index (χ1n) is 14.1. The second-order valence-electron chi connectivity index (χ2n) is 10.3. The van der Waals surface area contributed by atoms with E-state index in [4.69, 9.17) is 14.2 Å². The Labute approximate surface area is 253 Å². The smallest absolute Gasteiger partial charge is 0.408 e. The van der Waals surface area contributed by atoms with Crippen molar-refractivity contribution in [2.45, 2.75) is 50.6 Å². The van der Waals surface area contributed by atoms with Crippen molar-refractivity contribution in [2.75, 3.05) is 23.0 Å². The molecule has 3 aromatic rings. The third-order valence-corrected chi connectivity index (χ3v) is 8.29. The zero-order valence-electron chi connectivity index (χ0n) is 23.5. The van der Waals surface area contributed by atoms with Crippen LogP contribution in [0, 0.1) is 0 Å². The molecule has 0 radical (unpaired) electrons. The Morgan fingerprint density at radius 3 is 2.49 bits per heavy atom. The number of amides is 3. The Morgan fingerprint density at radius 2 is 1.74 bits per heavy atom. The first kappa shape index (κ1) is 30.7. The first-order chi connectivity index (χ1) is 20.9. The lowest BCUT2D eigenvalue weighted by Crippen LogP contribution is -2.42. The number of thioether (sulfide) groups is 1. The van der Waals surface area contributed by atoms with Crippen LogP contribution in [0.15, 0.2) is 78.9 Å². The van der Waals surface area contributed by atoms with Gasteiger partial charge in [-0.3, -0.25) is 9.59 Å². The number of nitrogens with one attached hydrogen (secondary N) is 1. The second kappa shape index (κ2) is 14.6. The monoisotopic (exact) mass is 606 g/mol. The van der Waals surface area contributed by atoms with Crippen LogP contribution >= 0.6 is 11.8 Å². The number of rotatable bonds is 11. The van der Waals surface area contributed by atoms with Crippen LogP contribution in [0.4, 0.5) is 10.5 Å². The number of alkyl carbamates (subject to hydrolysis) is 1. The van der Waals surface area contributed by atoms with Crippen LogP contribution < -0.4 is 10.2 Å². The number of aliphatic hydroxyl groups is 2. The van der Waals surface area contributed by atoms with Crippen molar-refractivity contribution in [1.82, 2.24) is 5.32 Å². The van der Waals surface area contributed by atoms with Crippen molar-refractivity contribution in [2.24, 2.45) is 0 Å². The molecule has 0 aromatic heterocycles. The maximum atomic E-state index is 13.2. The van der Waals surface area contributed by atoms with Crippen molar-refractivity contribution < 1.29 is 38.8 Å². The average Bonchev–Trinajstić information content (AvgIpc) is 3.32. The number of ether oxygens (including phenoxy) is 3. The Hall–Kier alpha value is -3.74. The Kier molecular flexibility index (Phi) is 10.4. The summed E-state index contributed by atoms with van der Waals surface area (Å²) in [4.78, 5) is 39.6. The summed E-state index contributed by atoms with van der Waals surface area (Å²) in [5, 5.41) is 21.2. The number of hydrogen-bond donors (Lipinski definition) is 3. The molecule has 2 heterocycles. The fourth-order valence-electron chi connectivity index (χ4n) is 5.04. The molecule has 0 spiro atoms. The fourth-order valence-corrected chi connectivity index (χ4v) is 5.81. The number of anilines is 1. The molecule has 3 N–H and O–H groups in total. The quantitative estimate of drug-likeness (QED) is 0.219. The third kappa shape index (κ3) is 7.81. The highest BCUT2D eigenvalue weighted by Crippen LogP contribution is 2.39. The minimum Gasteiger partial charge on any atom is -0.445 e. The summed E-state index contributed by atoms with van der Waals surface area (Å²) in [6.45, 7) is 0.0641. The molecule has 2 saturated heterocycles. The van der Waals surface area contributed by atoms with Gasteiger partial charge in [-0.15, -0.1) is 0 Å². The van der Waals surface area contributed by atoms with E-state index >= 15 is 0 Å². The molecule has 43 heavy (non-hydrogen) atoms. The molecule has 10 nitrogen and oxygen atoms in total. The van der Waals surface area contributed by atoms with E-state index in [2.05, 4.69) is 5.32 Å². The number of aliphatic hydroxyl groups excluding tert-OH is 2. The predicted octanol–water partition coefficient (Wildman–Crippen LogP) is 4.01. The van der Waals surface area contributed by atoms with Crippen molar-refractivity contribution in [3.63, 3.8) is 0 Å². The molecule has 0 bridgehead atoms. The van der Waals surface area contributed by atoms with Crippen LogP contribution in [0.2, 0.25) is 0 Å². The van der Waals surface area contributed by atoms with Crippen LogP contribution in [0.5, 0.6) is 0 Å². The molecule has 2 aliphatic rings. The van der Waals surface area contributed by atoms with E-state index in [-0.39, 0.29) is 38.4 Å². The SMILES string of the molecule is O=C(NC1CC(=O)N(c2cccc(C3OC(CSCCO)CC(c4ccc(CO)cc4)O3)c2)C1=O)OCc1ccccc1. The first-order valence-corrected chi connectivity index (χ1v) is 15.2. The molecular weight excluding hydrogens is 572 g/mol. The standard InChI is InChI=1S/C32H34N2O8S/c35-13-14-43-20-26-16-28(23-11-9-21(18-36)10-12-23)42-31(41-26)24-7-4-8-25(15-24)34-29(37)17-27(30(34)38)33-32(39)40-19-22-5-2-1-3-6-22/h1-12,15,26-28,31,35-36H,13-14,16-20H2,(H,33,39). The van der Waals surface area contributed by atoms with Crippen molar-refractivity contribution in [3.8, 4) is 0 Å². The van der Waals surface area contributed by atoms with E-state index in [1.165, 1.54) is 0 Å².